The summed E-state index contributed by atoms with van der Waals surface area (Å²) in [6.45, 7) is 6.97. The van der Waals surface area contributed by atoms with Crippen LogP contribution < -0.4 is 10.6 Å². The smallest absolute Gasteiger partial charge is 0.221 e. The maximum atomic E-state index is 10.9. The average molecular weight is 598 g/mol. The van der Waals surface area contributed by atoms with E-state index in [0.717, 1.165) is 42.3 Å². The fourth-order valence-electron chi connectivity index (χ4n) is 2.30. The highest BCUT2D eigenvalue weighted by molar-refractivity contribution is 9.11. The number of carbonyl (C=O) groups is 2. The third kappa shape index (κ3) is 7.85. The van der Waals surface area contributed by atoms with Crippen LogP contribution in [0.3, 0.4) is 0 Å². The molecule has 0 atom stereocenters. The lowest BCUT2D eigenvalue weighted by atomic mass is 10.1. The third-order valence-corrected chi connectivity index (χ3v) is 5.96. The zero-order chi connectivity index (χ0) is 21.4. The number of aryl methyl sites for hydroxylation is 2. The number of rotatable bonds is 4. The van der Waals surface area contributed by atoms with E-state index >= 15 is 0 Å². The number of nitrogens with one attached hydrogen (secondary N) is 2. The van der Waals surface area contributed by atoms with Crippen molar-refractivity contribution in [3.05, 3.63) is 55.5 Å². The standard InChI is InChI=1S/C10H11Br2NO.C10H11BrClNO/c1-6-3-10(13-7(2)14)9(12)4-8(6)5-11;1-6-3-10(13-7(2)14)9(11)4-8(6)5-12/h2*3-4H,5H2,1-2H3,(H,13,14). The minimum atomic E-state index is -0.0799. The van der Waals surface area contributed by atoms with E-state index in [4.69, 9.17) is 11.6 Å². The SMILES string of the molecule is CC(=O)Nc1cc(C)c(CBr)cc1Br.CC(=O)Nc1cc(C)c(CCl)cc1Br. The van der Waals surface area contributed by atoms with E-state index < -0.39 is 0 Å². The molecular weight excluding hydrogens is 575 g/mol. The van der Waals surface area contributed by atoms with Crippen LogP contribution in [0.5, 0.6) is 0 Å². The summed E-state index contributed by atoms with van der Waals surface area (Å²) in [5, 5.41) is 6.32. The summed E-state index contributed by atoms with van der Waals surface area (Å²) in [5.74, 6) is 0.338. The highest BCUT2D eigenvalue weighted by Crippen LogP contribution is 2.28. The Hall–Kier alpha value is -0.890. The molecule has 0 radical (unpaired) electrons. The molecule has 0 saturated heterocycles. The fraction of sp³-hybridized carbons (Fsp3) is 0.300. The van der Waals surface area contributed by atoms with E-state index in [-0.39, 0.29) is 11.8 Å². The Morgan fingerprint density at radius 2 is 1.25 bits per heavy atom. The van der Waals surface area contributed by atoms with Crippen LogP contribution >= 0.6 is 59.4 Å². The molecule has 4 nitrogen and oxygen atoms in total. The van der Waals surface area contributed by atoms with E-state index in [1.807, 2.05) is 38.1 Å². The Kier molecular flexibility index (Phi) is 10.7. The van der Waals surface area contributed by atoms with Gasteiger partial charge in [-0.05, 0) is 92.2 Å². The first kappa shape index (κ1) is 25.1. The second-order valence-corrected chi connectivity index (χ2v) is 8.68. The molecule has 0 aliphatic heterocycles. The lowest BCUT2D eigenvalue weighted by molar-refractivity contribution is -0.115. The molecule has 2 aromatic carbocycles. The molecule has 0 bridgehead atoms. The minimum Gasteiger partial charge on any atom is -0.325 e. The van der Waals surface area contributed by atoms with Gasteiger partial charge in [0.05, 0.1) is 11.4 Å². The van der Waals surface area contributed by atoms with E-state index in [1.54, 1.807) is 0 Å². The summed E-state index contributed by atoms with van der Waals surface area (Å²) in [7, 11) is 0. The monoisotopic (exact) mass is 594 g/mol. The average Bonchev–Trinajstić information content (AvgIpc) is 2.60. The molecule has 0 unspecified atom stereocenters. The number of benzene rings is 2. The number of amides is 2. The Morgan fingerprint density at radius 1 is 0.857 bits per heavy atom. The van der Waals surface area contributed by atoms with Crippen molar-refractivity contribution in [2.24, 2.45) is 0 Å². The highest BCUT2D eigenvalue weighted by Gasteiger charge is 2.06. The second-order valence-electron chi connectivity index (χ2n) is 6.15. The van der Waals surface area contributed by atoms with Crippen LogP contribution in [-0.4, -0.2) is 11.8 Å². The van der Waals surface area contributed by atoms with Crippen LogP contribution in [0.2, 0.25) is 0 Å². The summed E-state index contributed by atoms with van der Waals surface area (Å²) >= 11 is 16.0. The van der Waals surface area contributed by atoms with Gasteiger partial charge in [-0.15, -0.1) is 11.6 Å². The van der Waals surface area contributed by atoms with Crippen molar-refractivity contribution in [3.8, 4) is 0 Å². The number of halogens is 4. The van der Waals surface area contributed by atoms with Gasteiger partial charge in [0, 0.05) is 34.0 Å². The maximum Gasteiger partial charge on any atom is 0.221 e. The van der Waals surface area contributed by atoms with Gasteiger partial charge in [0.15, 0.2) is 0 Å². The van der Waals surface area contributed by atoms with Crippen molar-refractivity contribution in [1.82, 2.24) is 0 Å². The quantitative estimate of drug-likeness (QED) is 0.371. The molecule has 0 spiro atoms. The van der Waals surface area contributed by atoms with Gasteiger partial charge in [0.2, 0.25) is 11.8 Å². The molecule has 0 aliphatic rings. The van der Waals surface area contributed by atoms with E-state index in [9.17, 15) is 9.59 Å². The van der Waals surface area contributed by atoms with Crippen molar-refractivity contribution in [2.45, 2.75) is 38.9 Å². The number of alkyl halides is 2. The van der Waals surface area contributed by atoms with Gasteiger partial charge in [0.1, 0.15) is 0 Å². The predicted molar refractivity (Wildman–Crippen MR) is 129 cm³/mol. The number of carbonyl (C=O) groups excluding carboxylic acids is 2. The second kappa shape index (κ2) is 12.0. The molecular formula is C20H22Br3ClN2O2. The summed E-state index contributed by atoms with van der Waals surface area (Å²) in [6, 6.07) is 7.80. The van der Waals surface area contributed by atoms with Gasteiger partial charge in [-0.2, -0.15) is 0 Å². The minimum absolute atomic E-state index is 0.0586. The first-order valence-electron chi connectivity index (χ1n) is 8.34. The molecule has 2 N–H and O–H groups in total. The molecule has 28 heavy (non-hydrogen) atoms. The molecule has 0 aromatic heterocycles. The normalized spacial score (nSPS) is 10.0. The Balaban J connectivity index is 0.000000280. The first-order valence-corrected chi connectivity index (χ1v) is 11.6. The summed E-state index contributed by atoms with van der Waals surface area (Å²) in [4.78, 5) is 21.8. The lowest BCUT2D eigenvalue weighted by Crippen LogP contribution is -2.07. The van der Waals surface area contributed by atoms with Crippen molar-refractivity contribution >= 4 is 82.6 Å². The van der Waals surface area contributed by atoms with E-state index in [0.29, 0.717) is 5.88 Å². The summed E-state index contributed by atoms with van der Waals surface area (Å²) in [5.41, 5.74) is 6.11. The van der Waals surface area contributed by atoms with Crippen molar-refractivity contribution in [2.75, 3.05) is 10.6 Å². The molecule has 0 aliphatic carbocycles. The number of anilines is 2. The van der Waals surface area contributed by atoms with Gasteiger partial charge in [-0.3, -0.25) is 9.59 Å². The molecule has 0 heterocycles. The summed E-state index contributed by atoms with van der Waals surface area (Å²) in [6.07, 6.45) is 0. The third-order valence-electron chi connectivity index (χ3n) is 3.76. The first-order chi connectivity index (χ1) is 13.1. The van der Waals surface area contributed by atoms with Crippen molar-refractivity contribution in [3.63, 3.8) is 0 Å². The Bertz CT molecular complexity index is 802. The van der Waals surface area contributed by atoms with Crippen molar-refractivity contribution < 1.29 is 9.59 Å². The van der Waals surface area contributed by atoms with Gasteiger partial charge in [0.25, 0.3) is 0 Å². The fourth-order valence-corrected chi connectivity index (χ4v) is 4.18. The molecule has 0 saturated carbocycles. The van der Waals surface area contributed by atoms with Crippen LogP contribution in [0, 0.1) is 13.8 Å². The van der Waals surface area contributed by atoms with Gasteiger partial charge < -0.3 is 10.6 Å². The topological polar surface area (TPSA) is 58.2 Å². The number of hydrogen-bond acceptors (Lipinski definition) is 2. The van der Waals surface area contributed by atoms with Crippen LogP contribution in [0.4, 0.5) is 11.4 Å². The van der Waals surface area contributed by atoms with E-state index in [1.165, 1.54) is 19.4 Å². The van der Waals surface area contributed by atoms with Crippen LogP contribution in [-0.2, 0) is 20.8 Å². The van der Waals surface area contributed by atoms with Crippen molar-refractivity contribution in [1.29, 1.82) is 0 Å². The predicted octanol–water partition coefficient (Wildman–Crippen LogP) is 7.07. The van der Waals surface area contributed by atoms with Gasteiger partial charge >= 0.3 is 0 Å². The molecule has 8 heteroatoms. The van der Waals surface area contributed by atoms with Crippen LogP contribution in [0.1, 0.15) is 36.1 Å². The summed E-state index contributed by atoms with van der Waals surface area (Å²) < 4.78 is 1.77. The largest absolute Gasteiger partial charge is 0.325 e. The molecule has 2 rings (SSSR count). The highest BCUT2D eigenvalue weighted by atomic mass is 79.9. The zero-order valence-electron chi connectivity index (χ0n) is 16.1. The zero-order valence-corrected chi connectivity index (χ0v) is 21.6. The Morgan fingerprint density at radius 3 is 1.61 bits per heavy atom. The lowest BCUT2D eigenvalue weighted by Gasteiger charge is -2.09. The molecule has 152 valence electrons. The molecule has 0 fully saturated rings. The van der Waals surface area contributed by atoms with E-state index in [2.05, 4.69) is 58.4 Å². The Labute approximate surface area is 196 Å². The van der Waals surface area contributed by atoms with Gasteiger partial charge in [-0.25, -0.2) is 0 Å². The maximum absolute atomic E-state index is 10.9. The molecule has 2 amide bonds. The number of hydrogen-bond donors (Lipinski definition) is 2. The van der Waals surface area contributed by atoms with Gasteiger partial charge in [-0.1, -0.05) is 15.9 Å². The molecule has 2 aromatic rings. The van der Waals surface area contributed by atoms with Crippen LogP contribution in [0.25, 0.3) is 0 Å². The van der Waals surface area contributed by atoms with Crippen LogP contribution in [0.15, 0.2) is 33.2 Å².